The number of rotatable bonds is 10. The van der Waals surface area contributed by atoms with Gasteiger partial charge in [-0.25, -0.2) is 18.2 Å². The quantitative estimate of drug-likeness (QED) is 0.185. The van der Waals surface area contributed by atoms with Crippen LogP contribution in [0.2, 0.25) is 4.34 Å². The zero-order valence-electron chi connectivity index (χ0n) is 23.2. The molecule has 1 aliphatic heterocycles. The minimum Gasteiger partial charge on any atom is -0.321 e. The Balaban J connectivity index is 1.33. The van der Waals surface area contributed by atoms with E-state index in [9.17, 15) is 13.2 Å². The molecule has 0 unspecified atom stereocenters. The monoisotopic (exact) mass is 640 g/mol. The summed E-state index contributed by atoms with van der Waals surface area (Å²) in [6.45, 7) is 0.608. The molecule has 0 bridgehead atoms. The van der Waals surface area contributed by atoms with Gasteiger partial charge in [0.25, 0.3) is 0 Å². The Bertz CT molecular complexity index is 1540. The predicted molar refractivity (Wildman–Crippen MR) is 176 cm³/mol. The lowest BCUT2D eigenvalue weighted by atomic mass is 9.88. The number of amides is 2. The molecule has 4 aromatic rings. The molecule has 1 fully saturated rings. The Kier molecular flexibility index (Phi) is 10.1. The molecule has 2 heterocycles. The second kappa shape index (κ2) is 13.9. The minimum absolute atomic E-state index is 0.156. The Labute approximate surface area is 260 Å². The van der Waals surface area contributed by atoms with Crippen LogP contribution < -0.4 is 10.0 Å². The zero-order chi connectivity index (χ0) is 29.5. The van der Waals surface area contributed by atoms with Crippen molar-refractivity contribution < 1.29 is 13.2 Å². The van der Waals surface area contributed by atoms with Crippen LogP contribution in [-0.4, -0.2) is 54.7 Å². The van der Waals surface area contributed by atoms with Crippen LogP contribution in [0.1, 0.15) is 36.3 Å². The third-order valence-corrected chi connectivity index (χ3v) is 10.0. The molecular formula is C31H33ClN4O3S3. The highest BCUT2D eigenvalue weighted by atomic mass is 35.5. The number of urea groups is 1. The Morgan fingerprint density at radius 2 is 1.57 bits per heavy atom. The first-order valence-corrected chi connectivity index (χ1v) is 18.0. The number of aromatic nitrogens is 1. The summed E-state index contributed by atoms with van der Waals surface area (Å²) < 4.78 is 25.9. The number of hydrogen-bond acceptors (Lipinski definition) is 6. The molecule has 7 nitrogen and oxygen atoms in total. The van der Waals surface area contributed by atoms with Gasteiger partial charge in [0.2, 0.25) is 10.0 Å². The smallest absolute Gasteiger partial charge is 0.321 e. The van der Waals surface area contributed by atoms with Gasteiger partial charge in [-0.05, 0) is 54.0 Å². The van der Waals surface area contributed by atoms with Crippen molar-refractivity contribution >= 4 is 61.6 Å². The Hall–Kier alpha value is -3.05. The number of hydrogen-bond donors (Lipinski definition) is 2. The van der Waals surface area contributed by atoms with Crippen LogP contribution in [-0.2, 0) is 10.0 Å². The number of benzene rings is 3. The molecule has 3 aromatic carbocycles. The first-order valence-electron chi connectivity index (χ1n) is 13.8. The zero-order valence-corrected chi connectivity index (χ0v) is 26.4. The molecule has 5 rings (SSSR count). The first kappa shape index (κ1) is 30.4. The highest BCUT2D eigenvalue weighted by molar-refractivity contribution is 7.99. The molecule has 11 heteroatoms. The maximum atomic E-state index is 13.8. The van der Waals surface area contributed by atoms with Crippen molar-refractivity contribution in [1.82, 2.24) is 9.88 Å². The fourth-order valence-electron chi connectivity index (χ4n) is 5.22. The summed E-state index contributed by atoms with van der Waals surface area (Å²) in [5, 5.41) is 3.45. The van der Waals surface area contributed by atoms with Crippen LogP contribution >= 0.6 is 34.7 Å². The number of nitrogens with one attached hydrogen (secondary N) is 2. The highest BCUT2D eigenvalue weighted by Crippen LogP contribution is 2.36. The first-order chi connectivity index (χ1) is 20.3. The van der Waals surface area contributed by atoms with E-state index in [-0.39, 0.29) is 18.0 Å². The van der Waals surface area contributed by atoms with E-state index in [4.69, 9.17) is 11.6 Å². The minimum atomic E-state index is -3.38. The van der Waals surface area contributed by atoms with Gasteiger partial charge in [-0.15, -0.1) is 0 Å². The van der Waals surface area contributed by atoms with Gasteiger partial charge in [0.05, 0.1) is 6.26 Å². The van der Waals surface area contributed by atoms with E-state index in [1.807, 2.05) is 28.8 Å². The van der Waals surface area contributed by atoms with E-state index in [1.165, 1.54) is 22.5 Å². The number of carbonyl (C=O) groups is 1. The molecule has 2 N–H and O–H groups in total. The van der Waals surface area contributed by atoms with Crippen LogP contribution in [0.15, 0.2) is 84.9 Å². The van der Waals surface area contributed by atoms with E-state index in [2.05, 4.69) is 63.6 Å². The van der Waals surface area contributed by atoms with Crippen LogP contribution in [0.4, 0.5) is 15.6 Å². The summed E-state index contributed by atoms with van der Waals surface area (Å²) in [7, 11) is -3.38. The molecular weight excluding hydrogens is 608 g/mol. The summed E-state index contributed by atoms with van der Waals surface area (Å²) in [4.78, 5) is 20.4. The van der Waals surface area contributed by atoms with Crippen molar-refractivity contribution in [1.29, 1.82) is 0 Å². The lowest BCUT2D eigenvalue weighted by Gasteiger charge is -2.35. The van der Waals surface area contributed by atoms with Crippen molar-refractivity contribution in [2.45, 2.75) is 31.2 Å². The fraction of sp³-hybridized carbons (Fsp3) is 0.290. The van der Waals surface area contributed by atoms with E-state index in [0.717, 1.165) is 42.6 Å². The largest absolute Gasteiger partial charge is 0.323 e. The summed E-state index contributed by atoms with van der Waals surface area (Å²) in [6, 6.07) is 27.7. The van der Waals surface area contributed by atoms with E-state index >= 15 is 0 Å². The molecule has 220 valence electrons. The molecule has 2 amide bonds. The summed E-state index contributed by atoms with van der Waals surface area (Å²) >= 11 is 9.70. The molecule has 0 spiro atoms. The van der Waals surface area contributed by atoms with Crippen molar-refractivity contribution in [3.8, 4) is 11.3 Å². The number of thiazole rings is 1. The number of halogens is 1. The third-order valence-electron chi connectivity index (χ3n) is 7.22. The number of nitrogens with zero attached hydrogens (tertiary/aromatic N) is 2. The summed E-state index contributed by atoms with van der Waals surface area (Å²) in [5.74, 6) is 2.24. The highest BCUT2D eigenvalue weighted by Gasteiger charge is 2.28. The van der Waals surface area contributed by atoms with Crippen molar-refractivity contribution in [2.75, 3.05) is 34.3 Å². The average Bonchev–Trinajstić information content (AvgIpc) is 3.35. The van der Waals surface area contributed by atoms with Crippen molar-refractivity contribution in [3.63, 3.8) is 0 Å². The van der Waals surface area contributed by atoms with Gasteiger partial charge in [-0.2, -0.15) is 11.8 Å². The molecule has 1 saturated heterocycles. The van der Waals surface area contributed by atoms with E-state index < -0.39 is 10.0 Å². The molecule has 1 aromatic heterocycles. The van der Waals surface area contributed by atoms with Crippen molar-refractivity contribution in [2.24, 2.45) is 0 Å². The predicted octanol–water partition coefficient (Wildman–Crippen LogP) is 7.79. The van der Waals surface area contributed by atoms with Gasteiger partial charge >= 0.3 is 6.03 Å². The molecule has 0 radical (unpaired) electrons. The molecule has 0 saturated carbocycles. The lowest BCUT2D eigenvalue weighted by molar-refractivity contribution is 0.180. The third kappa shape index (κ3) is 8.06. The Morgan fingerprint density at radius 1 is 0.976 bits per heavy atom. The second-order valence-corrected chi connectivity index (χ2v) is 14.8. The van der Waals surface area contributed by atoms with Gasteiger partial charge in [-0.3, -0.25) is 10.0 Å². The molecule has 42 heavy (non-hydrogen) atoms. The van der Waals surface area contributed by atoms with Crippen LogP contribution in [0.5, 0.6) is 0 Å². The van der Waals surface area contributed by atoms with Crippen LogP contribution in [0.3, 0.4) is 0 Å². The maximum Gasteiger partial charge on any atom is 0.323 e. The van der Waals surface area contributed by atoms with Crippen molar-refractivity contribution in [3.05, 3.63) is 100 Å². The number of anilines is 2. The van der Waals surface area contributed by atoms with Gasteiger partial charge in [0, 0.05) is 29.8 Å². The summed E-state index contributed by atoms with van der Waals surface area (Å²) in [6.07, 6.45) is 3.81. The Morgan fingerprint density at radius 3 is 2.14 bits per heavy atom. The normalized spacial score (nSPS) is 14.1. The SMILES string of the molecule is CS(=O)(=O)Nc1ccc(-c2nc(NC(=O)N(CCC(c3ccccc3)c3ccccc3)C3CCSCC3)sc2Cl)cc1. The number of carbonyl (C=O) groups excluding carboxylic acids is 1. The van der Waals surface area contributed by atoms with Gasteiger partial charge in [-0.1, -0.05) is 95.7 Å². The molecule has 0 aliphatic carbocycles. The number of sulfonamides is 1. The topological polar surface area (TPSA) is 91.4 Å². The van der Waals surface area contributed by atoms with Crippen LogP contribution in [0.25, 0.3) is 11.3 Å². The van der Waals surface area contributed by atoms with Crippen LogP contribution in [0, 0.1) is 0 Å². The van der Waals surface area contributed by atoms with Gasteiger partial charge in [0.15, 0.2) is 5.13 Å². The number of thioether (sulfide) groups is 1. The standard InChI is InChI=1S/C31H33ClN4O3S3/c1-42(38,39)35-25-14-12-24(13-15-25)28-29(32)41-30(33-28)34-31(37)36(26-17-20-40-21-18-26)19-16-27(22-8-4-2-5-9-22)23-10-6-3-7-11-23/h2-15,26-27,35H,16-21H2,1H3,(H,33,34,37). The maximum absolute atomic E-state index is 13.8. The van der Waals surface area contributed by atoms with Gasteiger partial charge in [0.1, 0.15) is 10.0 Å². The molecule has 0 atom stereocenters. The lowest BCUT2D eigenvalue weighted by Crippen LogP contribution is -2.45. The second-order valence-electron chi connectivity index (χ2n) is 10.2. The van der Waals surface area contributed by atoms with E-state index in [0.29, 0.717) is 27.4 Å². The van der Waals surface area contributed by atoms with E-state index in [1.54, 1.807) is 24.3 Å². The summed E-state index contributed by atoms with van der Waals surface area (Å²) in [5.41, 5.74) is 4.18. The van der Waals surface area contributed by atoms with Gasteiger partial charge < -0.3 is 4.90 Å². The molecule has 1 aliphatic rings. The average molecular weight is 641 g/mol. The fourth-order valence-corrected chi connectivity index (χ4v) is 7.94.